The summed E-state index contributed by atoms with van der Waals surface area (Å²) in [6.45, 7) is 6.53. The standard InChI is InChI=1S/C15H19N3O/c1-11(2)18(10-13-7-5-4-6-8-13)15(19)14-12(3)9-16-17-14/h4-9,11H,10H2,1-3H3,(H,16,17). The van der Waals surface area contributed by atoms with Crippen molar-refractivity contribution in [2.24, 2.45) is 0 Å². The topological polar surface area (TPSA) is 49.0 Å². The van der Waals surface area contributed by atoms with Gasteiger partial charge in [-0.3, -0.25) is 9.89 Å². The highest BCUT2D eigenvalue weighted by Crippen LogP contribution is 2.14. The number of hydrogen-bond acceptors (Lipinski definition) is 2. The number of nitrogens with one attached hydrogen (secondary N) is 1. The molecule has 2 rings (SSSR count). The van der Waals surface area contributed by atoms with Gasteiger partial charge in [-0.1, -0.05) is 30.3 Å². The Hall–Kier alpha value is -2.10. The third kappa shape index (κ3) is 3.02. The molecule has 0 aliphatic carbocycles. The Balaban J connectivity index is 2.22. The highest BCUT2D eigenvalue weighted by Gasteiger charge is 2.21. The fraction of sp³-hybridized carbons (Fsp3) is 0.333. The lowest BCUT2D eigenvalue weighted by atomic mass is 10.1. The number of nitrogens with zero attached hydrogens (tertiary/aromatic N) is 2. The van der Waals surface area contributed by atoms with Crippen molar-refractivity contribution in [3.8, 4) is 0 Å². The molecule has 1 aromatic carbocycles. The minimum atomic E-state index is -0.00569. The zero-order valence-electron chi connectivity index (χ0n) is 11.6. The van der Waals surface area contributed by atoms with Crippen molar-refractivity contribution in [2.75, 3.05) is 0 Å². The van der Waals surface area contributed by atoms with Gasteiger partial charge < -0.3 is 4.90 Å². The van der Waals surface area contributed by atoms with E-state index in [4.69, 9.17) is 0 Å². The Morgan fingerprint density at radius 1 is 1.32 bits per heavy atom. The fourth-order valence-corrected chi connectivity index (χ4v) is 1.98. The van der Waals surface area contributed by atoms with E-state index < -0.39 is 0 Å². The van der Waals surface area contributed by atoms with Crippen LogP contribution in [0.1, 0.15) is 35.5 Å². The van der Waals surface area contributed by atoms with Crippen molar-refractivity contribution in [1.82, 2.24) is 15.1 Å². The highest BCUT2D eigenvalue weighted by molar-refractivity contribution is 5.93. The maximum Gasteiger partial charge on any atom is 0.272 e. The van der Waals surface area contributed by atoms with Crippen LogP contribution in [0.5, 0.6) is 0 Å². The average molecular weight is 257 g/mol. The molecular formula is C15H19N3O. The van der Waals surface area contributed by atoms with Crippen molar-refractivity contribution in [3.05, 3.63) is 53.3 Å². The fourth-order valence-electron chi connectivity index (χ4n) is 1.98. The molecule has 0 saturated heterocycles. The first-order valence-corrected chi connectivity index (χ1v) is 6.44. The number of carbonyl (C=O) groups excluding carboxylic acids is 1. The zero-order valence-corrected chi connectivity index (χ0v) is 11.6. The van der Waals surface area contributed by atoms with Crippen LogP contribution in [-0.2, 0) is 6.54 Å². The van der Waals surface area contributed by atoms with Gasteiger partial charge in [0.15, 0.2) is 0 Å². The normalized spacial score (nSPS) is 10.7. The van der Waals surface area contributed by atoms with Crippen molar-refractivity contribution in [1.29, 1.82) is 0 Å². The SMILES string of the molecule is Cc1cn[nH]c1C(=O)N(Cc1ccccc1)C(C)C. The Kier molecular flexibility index (Phi) is 4.00. The quantitative estimate of drug-likeness (QED) is 0.915. The van der Waals surface area contributed by atoms with Crippen LogP contribution >= 0.6 is 0 Å². The molecule has 0 aliphatic rings. The molecule has 1 heterocycles. The van der Waals surface area contributed by atoms with E-state index >= 15 is 0 Å². The van der Waals surface area contributed by atoms with E-state index in [2.05, 4.69) is 10.2 Å². The summed E-state index contributed by atoms with van der Waals surface area (Å²) in [7, 11) is 0. The number of H-pyrrole nitrogens is 1. The van der Waals surface area contributed by atoms with Crippen molar-refractivity contribution in [2.45, 2.75) is 33.4 Å². The average Bonchev–Trinajstić information content (AvgIpc) is 2.82. The van der Waals surface area contributed by atoms with Gasteiger partial charge in [0.1, 0.15) is 5.69 Å². The van der Waals surface area contributed by atoms with Gasteiger partial charge in [-0.15, -0.1) is 0 Å². The number of benzene rings is 1. The second-order valence-electron chi connectivity index (χ2n) is 4.94. The summed E-state index contributed by atoms with van der Waals surface area (Å²) in [4.78, 5) is 14.4. The molecule has 0 unspecified atom stereocenters. The summed E-state index contributed by atoms with van der Waals surface area (Å²) in [6, 6.07) is 10.1. The maximum atomic E-state index is 12.5. The molecule has 0 aliphatic heterocycles. The van der Waals surface area contributed by atoms with Gasteiger partial charge in [-0.25, -0.2) is 0 Å². The van der Waals surface area contributed by atoms with Crippen molar-refractivity contribution in [3.63, 3.8) is 0 Å². The van der Waals surface area contributed by atoms with Gasteiger partial charge in [0.2, 0.25) is 0 Å². The summed E-state index contributed by atoms with van der Waals surface area (Å²) >= 11 is 0. The van der Waals surface area contributed by atoms with Crippen LogP contribution in [0, 0.1) is 6.92 Å². The van der Waals surface area contributed by atoms with Gasteiger partial charge >= 0.3 is 0 Å². The van der Waals surface area contributed by atoms with E-state index in [0.29, 0.717) is 12.2 Å². The number of carbonyl (C=O) groups is 1. The molecule has 19 heavy (non-hydrogen) atoms. The summed E-state index contributed by atoms with van der Waals surface area (Å²) in [5.74, 6) is -0.00569. The predicted molar refractivity (Wildman–Crippen MR) is 74.8 cm³/mol. The molecule has 0 spiro atoms. The van der Waals surface area contributed by atoms with Crippen molar-refractivity contribution >= 4 is 5.91 Å². The van der Waals surface area contributed by atoms with Crippen LogP contribution < -0.4 is 0 Å². The van der Waals surface area contributed by atoms with Crippen molar-refractivity contribution < 1.29 is 4.79 Å². The molecule has 0 atom stereocenters. The summed E-state index contributed by atoms with van der Waals surface area (Å²) in [5.41, 5.74) is 2.58. The minimum absolute atomic E-state index is 0.00569. The molecule has 4 nitrogen and oxygen atoms in total. The molecule has 1 amide bonds. The first kappa shape index (κ1) is 13.3. The van der Waals surface area contributed by atoms with Gasteiger partial charge in [0.05, 0.1) is 6.20 Å². The van der Waals surface area contributed by atoms with E-state index in [1.54, 1.807) is 6.20 Å². The Labute approximate surface area is 113 Å². The van der Waals surface area contributed by atoms with E-state index in [1.165, 1.54) is 0 Å². The largest absolute Gasteiger partial charge is 0.331 e. The third-order valence-electron chi connectivity index (χ3n) is 3.12. The molecule has 0 fully saturated rings. The number of rotatable bonds is 4. The zero-order chi connectivity index (χ0) is 13.8. The first-order valence-electron chi connectivity index (χ1n) is 6.44. The van der Waals surface area contributed by atoms with Crippen LogP contribution in [0.15, 0.2) is 36.5 Å². The Morgan fingerprint density at radius 2 is 2.00 bits per heavy atom. The van der Waals surface area contributed by atoms with Crippen LogP contribution in [0.4, 0.5) is 0 Å². The second-order valence-corrected chi connectivity index (χ2v) is 4.94. The number of hydrogen-bond donors (Lipinski definition) is 1. The smallest absolute Gasteiger partial charge is 0.272 e. The highest BCUT2D eigenvalue weighted by atomic mass is 16.2. The lowest BCUT2D eigenvalue weighted by Gasteiger charge is -2.26. The Morgan fingerprint density at radius 3 is 2.53 bits per heavy atom. The predicted octanol–water partition coefficient (Wildman–Crippen LogP) is 2.77. The van der Waals surface area contributed by atoms with E-state index in [9.17, 15) is 4.79 Å². The van der Waals surface area contributed by atoms with Crippen LogP contribution in [0.25, 0.3) is 0 Å². The molecular weight excluding hydrogens is 238 g/mol. The lowest BCUT2D eigenvalue weighted by Crippen LogP contribution is -2.36. The molecule has 4 heteroatoms. The van der Waals surface area contributed by atoms with Gasteiger partial charge in [0.25, 0.3) is 5.91 Å². The molecule has 1 N–H and O–H groups in total. The number of amides is 1. The summed E-state index contributed by atoms with van der Waals surface area (Å²) in [6.07, 6.45) is 1.67. The summed E-state index contributed by atoms with van der Waals surface area (Å²) in [5, 5.41) is 6.70. The molecule has 100 valence electrons. The third-order valence-corrected chi connectivity index (χ3v) is 3.12. The molecule has 1 aromatic heterocycles. The van der Waals surface area contributed by atoms with E-state index in [0.717, 1.165) is 11.1 Å². The monoisotopic (exact) mass is 257 g/mol. The van der Waals surface area contributed by atoms with Gasteiger partial charge in [-0.05, 0) is 31.9 Å². The number of aromatic amines is 1. The Bertz CT molecular complexity index is 546. The first-order chi connectivity index (χ1) is 9.09. The molecule has 0 radical (unpaired) electrons. The molecule has 0 bridgehead atoms. The second kappa shape index (κ2) is 5.69. The van der Waals surface area contributed by atoms with Crippen LogP contribution in [-0.4, -0.2) is 27.0 Å². The van der Waals surface area contributed by atoms with Crippen LogP contribution in [0.2, 0.25) is 0 Å². The maximum absolute atomic E-state index is 12.5. The molecule has 0 saturated carbocycles. The van der Waals surface area contributed by atoms with Gasteiger partial charge in [0, 0.05) is 12.6 Å². The number of aromatic nitrogens is 2. The lowest BCUT2D eigenvalue weighted by molar-refractivity contribution is 0.0683. The number of aryl methyl sites for hydroxylation is 1. The molecule has 2 aromatic rings. The van der Waals surface area contributed by atoms with Crippen LogP contribution in [0.3, 0.4) is 0 Å². The van der Waals surface area contributed by atoms with E-state index in [-0.39, 0.29) is 11.9 Å². The van der Waals surface area contributed by atoms with E-state index in [1.807, 2.05) is 56.0 Å². The summed E-state index contributed by atoms with van der Waals surface area (Å²) < 4.78 is 0. The van der Waals surface area contributed by atoms with Gasteiger partial charge in [-0.2, -0.15) is 5.10 Å². The minimum Gasteiger partial charge on any atom is -0.331 e.